The van der Waals surface area contributed by atoms with Crippen LogP contribution in [0.2, 0.25) is 0 Å². The van der Waals surface area contributed by atoms with Crippen molar-refractivity contribution in [3.8, 4) is 0 Å². The molecule has 0 saturated heterocycles. The first-order valence-corrected chi connectivity index (χ1v) is 4.57. The van der Waals surface area contributed by atoms with Gasteiger partial charge in [-0.2, -0.15) is 0 Å². The lowest BCUT2D eigenvalue weighted by atomic mass is 10.1. The van der Waals surface area contributed by atoms with Crippen LogP contribution in [0.4, 0.5) is 13.2 Å². The SMILES string of the molecule is CC(C)(C)OCc1cc(F)c(F)c(F)c1. The zero-order valence-corrected chi connectivity index (χ0v) is 8.90. The van der Waals surface area contributed by atoms with Gasteiger partial charge in [0.1, 0.15) is 0 Å². The van der Waals surface area contributed by atoms with Gasteiger partial charge in [-0.15, -0.1) is 0 Å². The molecule has 1 aromatic rings. The highest BCUT2D eigenvalue weighted by molar-refractivity contribution is 5.18. The maximum absolute atomic E-state index is 12.8. The Morgan fingerprint density at radius 1 is 1.07 bits per heavy atom. The molecule has 0 heterocycles. The van der Waals surface area contributed by atoms with Crippen LogP contribution in [0.3, 0.4) is 0 Å². The molecule has 0 bridgehead atoms. The molecule has 15 heavy (non-hydrogen) atoms. The molecule has 1 aromatic carbocycles. The lowest BCUT2D eigenvalue weighted by Gasteiger charge is -2.19. The van der Waals surface area contributed by atoms with Gasteiger partial charge in [0.15, 0.2) is 17.5 Å². The van der Waals surface area contributed by atoms with Gasteiger partial charge in [0, 0.05) is 0 Å². The Kier molecular flexibility index (Phi) is 3.39. The molecule has 0 aliphatic rings. The number of benzene rings is 1. The largest absolute Gasteiger partial charge is 0.371 e. The van der Waals surface area contributed by atoms with Gasteiger partial charge in [-0.3, -0.25) is 0 Å². The average Bonchev–Trinajstić information content (AvgIpc) is 2.09. The first-order chi connectivity index (χ1) is 6.79. The Balaban J connectivity index is 2.80. The molecule has 0 radical (unpaired) electrons. The molecule has 0 aromatic heterocycles. The quantitative estimate of drug-likeness (QED) is 0.691. The summed E-state index contributed by atoms with van der Waals surface area (Å²) in [4.78, 5) is 0. The summed E-state index contributed by atoms with van der Waals surface area (Å²) in [5.41, 5.74) is -0.122. The van der Waals surface area contributed by atoms with Crippen LogP contribution in [0.25, 0.3) is 0 Å². The minimum Gasteiger partial charge on any atom is -0.371 e. The molecule has 0 unspecified atom stereocenters. The molecule has 4 heteroatoms. The fourth-order valence-electron chi connectivity index (χ4n) is 0.991. The summed E-state index contributed by atoms with van der Waals surface area (Å²) in [7, 11) is 0. The predicted molar refractivity (Wildman–Crippen MR) is 50.9 cm³/mol. The first-order valence-electron chi connectivity index (χ1n) is 4.57. The average molecular weight is 218 g/mol. The zero-order chi connectivity index (χ0) is 11.6. The van der Waals surface area contributed by atoms with Crippen LogP contribution in [0.15, 0.2) is 12.1 Å². The molecular formula is C11H13F3O. The molecule has 0 fully saturated rings. The first kappa shape index (κ1) is 12.0. The van der Waals surface area contributed by atoms with Crippen molar-refractivity contribution < 1.29 is 17.9 Å². The third kappa shape index (κ3) is 3.55. The topological polar surface area (TPSA) is 9.23 Å². The molecule has 1 nitrogen and oxygen atoms in total. The molecule has 0 aliphatic carbocycles. The van der Waals surface area contributed by atoms with Gasteiger partial charge >= 0.3 is 0 Å². The predicted octanol–water partition coefficient (Wildman–Crippen LogP) is 3.42. The van der Waals surface area contributed by atoms with Crippen molar-refractivity contribution in [3.05, 3.63) is 35.1 Å². The maximum atomic E-state index is 12.8. The molecule has 0 saturated carbocycles. The zero-order valence-electron chi connectivity index (χ0n) is 8.90. The summed E-state index contributed by atoms with van der Waals surface area (Å²) in [6.45, 7) is 5.52. The highest BCUT2D eigenvalue weighted by Crippen LogP contribution is 2.16. The molecule has 0 amide bonds. The number of rotatable bonds is 2. The fraction of sp³-hybridized carbons (Fsp3) is 0.455. The van der Waals surface area contributed by atoms with E-state index in [0.29, 0.717) is 0 Å². The molecular weight excluding hydrogens is 205 g/mol. The lowest BCUT2D eigenvalue weighted by Crippen LogP contribution is -2.18. The summed E-state index contributed by atoms with van der Waals surface area (Å²) in [6, 6.07) is 1.87. The highest BCUT2D eigenvalue weighted by atomic mass is 19.2. The number of ether oxygens (including phenoxy) is 1. The molecule has 0 N–H and O–H groups in total. The van der Waals surface area contributed by atoms with Crippen LogP contribution in [0, 0.1) is 17.5 Å². The minimum atomic E-state index is -1.45. The summed E-state index contributed by atoms with van der Waals surface area (Å²) in [5.74, 6) is -3.83. The van der Waals surface area contributed by atoms with Crippen LogP contribution in [0.1, 0.15) is 26.3 Å². The second-order valence-corrected chi connectivity index (χ2v) is 4.27. The second-order valence-electron chi connectivity index (χ2n) is 4.27. The van der Waals surface area contributed by atoms with Crippen LogP contribution >= 0.6 is 0 Å². The van der Waals surface area contributed by atoms with Crippen LogP contribution in [-0.4, -0.2) is 5.60 Å². The van der Waals surface area contributed by atoms with Crippen molar-refractivity contribution in [2.24, 2.45) is 0 Å². The summed E-state index contributed by atoms with van der Waals surface area (Å²) >= 11 is 0. The van der Waals surface area contributed by atoms with E-state index in [9.17, 15) is 13.2 Å². The van der Waals surface area contributed by atoms with Crippen molar-refractivity contribution in [2.45, 2.75) is 33.0 Å². The van der Waals surface area contributed by atoms with Gasteiger partial charge in [0.25, 0.3) is 0 Å². The van der Waals surface area contributed by atoms with Gasteiger partial charge in [-0.1, -0.05) is 0 Å². The third-order valence-corrected chi connectivity index (χ3v) is 1.72. The smallest absolute Gasteiger partial charge is 0.194 e. The number of halogens is 3. The van der Waals surface area contributed by atoms with Crippen molar-refractivity contribution in [1.29, 1.82) is 0 Å². The van der Waals surface area contributed by atoms with E-state index < -0.39 is 23.1 Å². The molecule has 0 atom stereocenters. The van der Waals surface area contributed by atoms with Gasteiger partial charge in [-0.25, -0.2) is 13.2 Å². The Morgan fingerprint density at radius 3 is 1.93 bits per heavy atom. The number of hydrogen-bond donors (Lipinski definition) is 0. The third-order valence-electron chi connectivity index (χ3n) is 1.72. The van der Waals surface area contributed by atoms with E-state index in [1.54, 1.807) is 0 Å². The van der Waals surface area contributed by atoms with E-state index in [4.69, 9.17) is 4.74 Å². The lowest BCUT2D eigenvalue weighted by molar-refractivity contribution is -0.0152. The van der Waals surface area contributed by atoms with Crippen molar-refractivity contribution in [2.75, 3.05) is 0 Å². The highest BCUT2D eigenvalue weighted by Gasteiger charge is 2.13. The Morgan fingerprint density at radius 2 is 1.53 bits per heavy atom. The fourth-order valence-corrected chi connectivity index (χ4v) is 0.991. The molecule has 0 spiro atoms. The minimum absolute atomic E-state index is 0.0532. The summed E-state index contributed by atoms with van der Waals surface area (Å²) < 4.78 is 43.5. The number of hydrogen-bond acceptors (Lipinski definition) is 1. The molecule has 0 aliphatic heterocycles. The maximum Gasteiger partial charge on any atom is 0.194 e. The van der Waals surface area contributed by atoms with E-state index in [0.717, 1.165) is 12.1 Å². The Hall–Kier alpha value is -1.03. The van der Waals surface area contributed by atoms with Crippen molar-refractivity contribution in [1.82, 2.24) is 0 Å². The standard InChI is InChI=1S/C11H13F3O/c1-11(2,3)15-6-7-4-8(12)10(14)9(13)5-7/h4-5H,6H2,1-3H3. The van der Waals surface area contributed by atoms with Gasteiger partial charge < -0.3 is 4.74 Å². The normalized spacial score (nSPS) is 11.9. The van der Waals surface area contributed by atoms with Gasteiger partial charge in [0.05, 0.1) is 12.2 Å². The van der Waals surface area contributed by atoms with Gasteiger partial charge in [-0.05, 0) is 38.5 Å². The van der Waals surface area contributed by atoms with Crippen molar-refractivity contribution in [3.63, 3.8) is 0 Å². The Labute approximate surface area is 86.9 Å². The Bertz CT molecular complexity index is 332. The van der Waals surface area contributed by atoms with Crippen LogP contribution < -0.4 is 0 Å². The van der Waals surface area contributed by atoms with E-state index >= 15 is 0 Å². The molecule has 1 rings (SSSR count). The monoisotopic (exact) mass is 218 g/mol. The van der Waals surface area contributed by atoms with Crippen LogP contribution in [0.5, 0.6) is 0 Å². The van der Waals surface area contributed by atoms with E-state index in [1.165, 1.54) is 0 Å². The van der Waals surface area contributed by atoms with E-state index in [2.05, 4.69) is 0 Å². The summed E-state index contributed by atoms with van der Waals surface area (Å²) in [6.07, 6.45) is 0. The molecule has 84 valence electrons. The van der Waals surface area contributed by atoms with E-state index in [-0.39, 0.29) is 12.2 Å². The summed E-state index contributed by atoms with van der Waals surface area (Å²) in [5, 5.41) is 0. The van der Waals surface area contributed by atoms with Crippen LogP contribution in [-0.2, 0) is 11.3 Å². The second kappa shape index (κ2) is 4.23. The van der Waals surface area contributed by atoms with Crippen molar-refractivity contribution >= 4 is 0 Å². The van der Waals surface area contributed by atoms with E-state index in [1.807, 2.05) is 20.8 Å². The van der Waals surface area contributed by atoms with Gasteiger partial charge in [0.2, 0.25) is 0 Å².